The van der Waals surface area contributed by atoms with Crippen molar-refractivity contribution in [3.05, 3.63) is 0 Å². The lowest BCUT2D eigenvalue weighted by atomic mass is 10.1. The fourth-order valence-electron chi connectivity index (χ4n) is 2.01. The molecule has 2 amide bonds. The van der Waals surface area contributed by atoms with Gasteiger partial charge in [0.25, 0.3) is 0 Å². The molecular weight excluding hydrogens is 212 g/mol. The van der Waals surface area contributed by atoms with Crippen LogP contribution in [0.2, 0.25) is 0 Å². The van der Waals surface area contributed by atoms with Gasteiger partial charge in [0.05, 0.1) is 5.75 Å². The van der Waals surface area contributed by atoms with Gasteiger partial charge in [-0.1, -0.05) is 0 Å². The van der Waals surface area contributed by atoms with Crippen LogP contribution >= 0.6 is 11.8 Å². The molecule has 2 saturated heterocycles. The summed E-state index contributed by atoms with van der Waals surface area (Å²) in [4.78, 5) is 25.0. The third-order valence-corrected chi connectivity index (χ3v) is 3.85. The van der Waals surface area contributed by atoms with Crippen LogP contribution in [-0.4, -0.2) is 47.4 Å². The molecule has 2 aliphatic heterocycles. The van der Waals surface area contributed by atoms with Crippen LogP contribution in [0.1, 0.15) is 19.3 Å². The Morgan fingerprint density at radius 3 is 2.73 bits per heavy atom. The minimum Gasteiger partial charge on any atom is -0.343 e. The zero-order valence-electron chi connectivity index (χ0n) is 8.70. The molecule has 2 fully saturated rings. The molecule has 0 aromatic carbocycles. The van der Waals surface area contributed by atoms with E-state index < -0.39 is 0 Å². The number of piperidine rings is 1. The maximum atomic E-state index is 12.0. The van der Waals surface area contributed by atoms with Crippen LogP contribution < -0.4 is 5.32 Å². The highest BCUT2D eigenvalue weighted by molar-refractivity contribution is 8.00. The predicted molar refractivity (Wildman–Crippen MR) is 59.7 cm³/mol. The second kappa shape index (κ2) is 4.88. The van der Waals surface area contributed by atoms with E-state index in [0.29, 0.717) is 5.75 Å². The van der Waals surface area contributed by atoms with E-state index in [9.17, 15) is 9.59 Å². The zero-order valence-corrected chi connectivity index (χ0v) is 9.52. The van der Waals surface area contributed by atoms with Crippen molar-refractivity contribution in [2.45, 2.75) is 25.3 Å². The van der Waals surface area contributed by atoms with Gasteiger partial charge in [-0.3, -0.25) is 9.59 Å². The molecule has 0 aliphatic carbocycles. The number of nitrogens with zero attached hydrogens (tertiary/aromatic N) is 1. The van der Waals surface area contributed by atoms with E-state index in [4.69, 9.17) is 0 Å². The Balaban J connectivity index is 1.90. The molecule has 0 saturated carbocycles. The average Bonchev–Trinajstić information content (AvgIpc) is 2.29. The lowest BCUT2D eigenvalue weighted by Gasteiger charge is -2.32. The minimum atomic E-state index is -0.283. The van der Waals surface area contributed by atoms with Crippen molar-refractivity contribution in [1.82, 2.24) is 10.2 Å². The number of hydrogen-bond donors (Lipinski definition) is 1. The number of hydrogen-bond acceptors (Lipinski definition) is 3. The van der Waals surface area contributed by atoms with Gasteiger partial charge in [-0.15, -0.1) is 11.8 Å². The van der Waals surface area contributed by atoms with E-state index in [1.54, 1.807) is 11.8 Å². The highest BCUT2D eigenvalue weighted by Gasteiger charge is 2.29. The van der Waals surface area contributed by atoms with Gasteiger partial charge in [0.1, 0.15) is 6.04 Å². The second-order valence-electron chi connectivity index (χ2n) is 4.02. The summed E-state index contributed by atoms with van der Waals surface area (Å²) in [6, 6.07) is -0.283. The van der Waals surface area contributed by atoms with E-state index >= 15 is 0 Å². The van der Waals surface area contributed by atoms with Crippen molar-refractivity contribution in [3.8, 4) is 0 Å². The van der Waals surface area contributed by atoms with Gasteiger partial charge in [-0.05, 0) is 19.3 Å². The molecule has 2 rings (SSSR count). The fourth-order valence-corrected chi connectivity index (χ4v) is 2.86. The molecule has 15 heavy (non-hydrogen) atoms. The van der Waals surface area contributed by atoms with Crippen molar-refractivity contribution >= 4 is 23.6 Å². The Bertz CT molecular complexity index is 264. The van der Waals surface area contributed by atoms with Gasteiger partial charge in [0, 0.05) is 18.8 Å². The molecule has 84 valence electrons. The summed E-state index contributed by atoms with van der Waals surface area (Å²) in [5, 5.41) is 2.76. The van der Waals surface area contributed by atoms with Gasteiger partial charge < -0.3 is 10.2 Å². The third-order valence-electron chi connectivity index (χ3n) is 2.82. The van der Waals surface area contributed by atoms with E-state index in [0.717, 1.165) is 31.7 Å². The van der Waals surface area contributed by atoms with Gasteiger partial charge in [-0.2, -0.15) is 0 Å². The summed E-state index contributed by atoms with van der Waals surface area (Å²) in [7, 11) is 0. The zero-order chi connectivity index (χ0) is 10.7. The predicted octanol–water partition coefficient (Wildman–Crippen LogP) is 0.231. The lowest BCUT2D eigenvalue weighted by molar-refractivity contribution is -0.136. The largest absolute Gasteiger partial charge is 0.343 e. The molecule has 4 nitrogen and oxygen atoms in total. The summed E-state index contributed by atoms with van der Waals surface area (Å²) in [5.74, 6) is 1.31. The van der Waals surface area contributed by atoms with Gasteiger partial charge in [0.2, 0.25) is 11.8 Å². The summed E-state index contributed by atoms with van der Waals surface area (Å²) in [6.45, 7) is 1.71. The molecule has 1 N–H and O–H groups in total. The first-order valence-corrected chi connectivity index (χ1v) is 6.59. The van der Waals surface area contributed by atoms with Gasteiger partial charge in [0.15, 0.2) is 0 Å². The Kier molecular flexibility index (Phi) is 3.51. The Morgan fingerprint density at radius 2 is 2.07 bits per heavy atom. The molecule has 2 heterocycles. The van der Waals surface area contributed by atoms with Crippen molar-refractivity contribution in [3.63, 3.8) is 0 Å². The van der Waals surface area contributed by atoms with Crippen LogP contribution in [0.4, 0.5) is 0 Å². The van der Waals surface area contributed by atoms with Crippen LogP contribution in [-0.2, 0) is 9.59 Å². The number of thioether (sulfide) groups is 1. The molecule has 0 spiro atoms. The number of carbonyl (C=O) groups excluding carboxylic acids is 2. The molecule has 0 aromatic rings. The highest BCUT2D eigenvalue weighted by Crippen LogP contribution is 2.14. The van der Waals surface area contributed by atoms with Gasteiger partial charge in [-0.25, -0.2) is 0 Å². The van der Waals surface area contributed by atoms with Crippen molar-refractivity contribution in [1.29, 1.82) is 0 Å². The molecule has 0 bridgehead atoms. The van der Waals surface area contributed by atoms with E-state index in [2.05, 4.69) is 5.32 Å². The quantitative estimate of drug-likeness (QED) is 0.699. The van der Waals surface area contributed by atoms with E-state index in [1.165, 1.54) is 6.42 Å². The lowest BCUT2D eigenvalue weighted by Crippen LogP contribution is -2.53. The Hall–Kier alpha value is -0.710. The molecule has 0 radical (unpaired) electrons. The molecule has 2 aliphatic rings. The molecule has 0 aromatic heterocycles. The van der Waals surface area contributed by atoms with E-state index in [1.807, 2.05) is 4.90 Å². The third kappa shape index (κ3) is 2.65. The Morgan fingerprint density at radius 1 is 1.33 bits per heavy atom. The normalized spacial score (nSPS) is 27.3. The molecule has 1 unspecified atom stereocenters. The molecule has 5 heteroatoms. The van der Waals surface area contributed by atoms with Crippen molar-refractivity contribution in [2.75, 3.05) is 24.6 Å². The summed E-state index contributed by atoms with van der Waals surface area (Å²) in [5.41, 5.74) is 0. The smallest absolute Gasteiger partial charge is 0.246 e. The first-order valence-electron chi connectivity index (χ1n) is 5.43. The first kappa shape index (κ1) is 10.8. The summed E-state index contributed by atoms with van der Waals surface area (Å²) >= 11 is 1.54. The van der Waals surface area contributed by atoms with E-state index in [-0.39, 0.29) is 17.9 Å². The van der Waals surface area contributed by atoms with Crippen LogP contribution in [0.25, 0.3) is 0 Å². The summed E-state index contributed by atoms with van der Waals surface area (Å²) in [6.07, 6.45) is 3.41. The maximum Gasteiger partial charge on any atom is 0.246 e. The van der Waals surface area contributed by atoms with Crippen LogP contribution in [0.5, 0.6) is 0 Å². The highest BCUT2D eigenvalue weighted by atomic mass is 32.2. The number of amides is 2. The fraction of sp³-hybridized carbons (Fsp3) is 0.800. The van der Waals surface area contributed by atoms with Crippen LogP contribution in [0.3, 0.4) is 0 Å². The average molecular weight is 228 g/mol. The number of carbonyl (C=O) groups is 2. The number of rotatable bonds is 1. The monoisotopic (exact) mass is 228 g/mol. The Labute approximate surface area is 93.8 Å². The standard InChI is InChI=1S/C10H16N2O2S/c13-9-7-15-6-8(11-9)10(14)12-4-2-1-3-5-12/h8H,1-7H2,(H,11,13). The second-order valence-corrected chi connectivity index (χ2v) is 5.05. The van der Waals surface area contributed by atoms with Crippen LogP contribution in [0, 0.1) is 0 Å². The van der Waals surface area contributed by atoms with Crippen LogP contribution in [0.15, 0.2) is 0 Å². The topological polar surface area (TPSA) is 49.4 Å². The number of likely N-dealkylation sites (tertiary alicyclic amines) is 1. The SMILES string of the molecule is O=C1CSCC(C(=O)N2CCCCC2)N1. The van der Waals surface area contributed by atoms with Crippen molar-refractivity contribution in [2.24, 2.45) is 0 Å². The first-order chi connectivity index (χ1) is 7.27. The van der Waals surface area contributed by atoms with Crippen molar-refractivity contribution < 1.29 is 9.59 Å². The minimum absolute atomic E-state index is 0.0124. The summed E-state index contributed by atoms with van der Waals surface area (Å²) < 4.78 is 0. The molecular formula is C10H16N2O2S. The molecule has 1 atom stereocenters. The van der Waals surface area contributed by atoms with Gasteiger partial charge >= 0.3 is 0 Å². The number of nitrogens with one attached hydrogen (secondary N) is 1. The maximum absolute atomic E-state index is 12.0.